The Bertz CT molecular complexity index is 1070. The minimum atomic E-state index is -1.29. The Kier molecular flexibility index (Phi) is 4.06. The van der Waals surface area contributed by atoms with Crippen LogP contribution >= 0.6 is 0 Å². The molecule has 150 valence electrons. The van der Waals surface area contributed by atoms with Crippen molar-refractivity contribution in [3.63, 3.8) is 0 Å². The summed E-state index contributed by atoms with van der Waals surface area (Å²) >= 11 is 0. The van der Waals surface area contributed by atoms with Crippen LogP contribution in [0.5, 0.6) is 0 Å². The zero-order chi connectivity index (χ0) is 21.0. The number of hydrogen-bond acceptors (Lipinski definition) is 5. The van der Waals surface area contributed by atoms with Crippen molar-refractivity contribution in [1.82, 2.24) is 0 Å². The number of hydrogen-bond donors (Lipinski definition) is 1. The standard InChI is InChI=1S/C23H18N2O5/c26-20(24-16-7-3-13(4-8-16)23(29)30)12-5-9-17(10-6-12)25-21(27)18-14-1-2-15(11-14)19(18)22(25)28/h1-10,14-15,18-19H,11H2,(H,24,26)(H,29,30)/p-1/t14-,15+,18+,19-. The van der Waals surface area contributed by atoms with E-state index in [0.29, 0.717) is 16.9 Å². The quantitative estimate of drug-likeness (QED) is 0.619. The molecule has 2 aliphatic carbocycles. The van der Waals surface area contributed by atoms with Crippen molar-refractivity contribution in [3.8, 4) is 0 Å². The Morgan fingerprint density at radius 2 is 1.37 bits per heavy atom. The maximum atomic E-state index is 12.9. The van der Waals surface area contributed by atoms with Crippen LogP contribution in [-0.2, 0) is 9.59 Å². The van der Waals surface area contributed by atoms with Crippen molar-refractivity contribution in [2.75, 3.05) is 10.2 Å². The summed E-state index contributed by atoms with van der Waals surface area (Å²) in [6.45, 7) is 0. The van der Waals surface area contributed by atoms with Crippen molar-refractivity contribution in [3.05, 3.63) is 71.8 Å². The predicted molar refractivity (Wildman–Crippen MR) is 105 cm³/mol. The van der Waals surface area contributed by atoms with Gasteiger partial charge < -0.3 is 15.2 Å². The Labute approximate surface area is 172 Å². The lowest BCUT2D eigenvalue weighted by atomic mass is 9.85. The van der Waals surface area contributed by atoms with Crippen molar-refractivity contribution < 1.29 is 24.3 Å². The van der Waals surface area contributed by atoms with E-state index in [1.54, 1.807) is 24.3 Å². The van der Waals surface area contributed by atoms with Gasteiger partial charge >= 0.3 is 0 Å². The van der Waals surface area contributed by atoms with Gasteiger partial charge in [0.1, 0.15) is 0 Å². The molecule has 0 radical (unpaired) electrons. The molecule has 0 spiro atoms. The van der Waals surface area contributed by atoms with Gasteiger partial charge in [0.25, 0.3) is 5.91 Å². The van der Waals surface area contributed by atoms with Gasteiger partial charge in [0, 0.05) is 11.3 Å². The van der Waals surface area contributed by atoms with E-state index in [9.17, 15) is 24.3 Å². The van der Waals surface area contributed by atoms with Crippen LogP contribution in [0.25, 0.3) is 0 Å². The SMILES string of the molecule is O=C([O-])c1ccc(NC(=O)c2ccc(N3C(=O)[C@@H]4[C@H](C3=O)[C@H]3C=C[C@@H]4C3)cc2)cc1. The van der Waals surface area contributed by atoms with Crippen LogP contribution in [0.3, 0.4) is 0 Å². The highest BCUT2D eigenvalue weighted by Crippen LogP contribution is 2.53. The number of benzene rings is 2. The van der Waals surface area contributed by atoms with Crippen LogP contribution in [0.1, 0.15) is 27.1 Å². The van der Waals surface area contributed by atoms with E-state index in [2.05, 4.69) is 5.32 Å². The fourth-order valence-electron chi connectivity index (χ4n) is 4.81. The average molecular weight is 401 g/mol. The molecule has 1 heterocycles. The number of carbonyl (C=O) groups excluding carboxylic acids is 4. The third-order valence-corrected chi connectivity index (χ3v) is 6.24. The molecule has 2 bridgehead atoms. The Balaban J connectivity index is 1.31. The Morgan fingerprint density at radius 3 is 1.90 bits per heavy atom. The number of nitrogens with zero attached hydrogens (tertiary/aromatic N) is 1. The van der Waals surface area contributed by atoms with Crippen LogP contribution < -0.4 is 15.3 Å². The van der Waals surface area contributed by atoms with E-state index >= 15 is 0 Å². The number of nitrogens with one attached hydrogen (secondary N) is 1. The molecule has 1 N–H and O–H groups in total. The highest BCUT2D eigenvalue weighted by Gasteiger charge is 2.59. The highest BCUT2D eigenvalue weighted by molar-refractivity contribution is 6.23. The molecule has 30 heavy (non-hydrogen) atoms. The first-order valence-corrected chi connectivity index (χ1v) is 9.73. The normalized spacial score (nSPS) is 26.2. The number of fused-ring (bicyclic) bond motifs is 5. The number of imide groups is 1. The van der Waals surface area contributed by atoms with Gasteiger partial charge in [-0.3, -0.25) is 19.3 Å². The summed E-state index contributed by atoms with van der Waals surface area (Å²) in [4.78, 5) is 50.2. The number of rotatable bonds is 4. The van der Waals surface area contributed by atoms with E-state index in [0.717, 1.165) is 6.42 Å². The predicted octanol–water partition coefficient (Wildman–Crippen LogP) is 1.61. The Hall–Kier alpha value is -3.74. The average Bonchev–Trinajstić information content (AvgIpc) is 3.42. The second-order valence-electron chi connectivity index (χ2n) is 7.88. The number of anilines is 2. The van der Waals surface area contributed by atoms with Gasteiger partial charge in [-0.1, -0.05) is 24.3 Å². The number of amides is 3. The molecule has 2 aromatic carbocycles. The minimum Gasteiger partial charge on any atom is -0.545 e. The molecule has 5 rings (SSSR count). The first-order valence-electron chi connectivity index (χ1n) is 9.73. The summed E-state index contributed by atoms with van der Waals surface area (Å²) < 4.78 is 0. The molecular weight excluding hydrogens is 384 g/mol. The van der Waals surface area contributed by atoms with Gasteiger partial charge in [0.2, 0.25) is 11.8 Å². The van der Waals surface area contributed by atoms with E-state index < -0.39 is 5.97 Å². The zero-order valence-corrected chi connectivity index (χ0v) is 15.8. The van der Waals surface area contributed by atoms with Crippen molar-refractivity contribution in [2.24, 2.45) is 23.7 Å². The van der Waals surface area contributed by atoms with E-state index in [1.807, 2.05) is 12.2 Å². The van der Waals surface area contributed by atoms with Gasteiger partial charge in [-0.05, 0) is 60.2 Å². The number of carboxylic acid groups (broad SMARTS) is 1. The van der Waals surface area contributed by atoms with E-state index in [-0.39, 0.29) is 47.0 Å². The molecule has 2 fully saturated rings. The second kappa shape index (κ2) is 6.66. The van der Waals surface area contributed by atoms with Crippen LogP contribution in [0.2, 0.25) is 0 Å². The first kappa shape index (κ1) is 18.3. The smallest absolute Gasteiger partial charge is 0.255 e. The summed E-state index contributed by atoms with van der Waals surface area (Å²) in [7, 11) is 0. The highest BCUT2D eigenvalue weighted by atomic mass is 16.4. The second-order valence-corrected chi connectivity index (χ2v) is 7.88. The summed E-state index contributed by atoms with van der Waals surface area (Å²) in [5.41, 5.74) is 1.28. The first-order chi connectivity index (χ1) is 14.4. The molecule has 3 amide bonds. The largest absolute Gasteiger partial charge is 0.545 e. The third-order valence-electron chi connectivity index (χ3n) is 6.24. The van der Waals surface area contributed by atoms with E-state index in [4.69, 9.17) is 0 Å². The van der Waals surface area contributed by atoms with Gasteiger partial charge in [-0.25, -0.2) is 0 Å². The maximum Gasteiger partial charge on any atom is 0.255 e. The molecule has 1 aliphatic heterocycles. The van der Waals surface area contributed by atoms with Crippen molar-refractivity contribution >= 4 is 35.1 Å². The van der Waals surface area contributed by atoms with Crippen LogP contribution in [0, 0.1) is 23.7 Å². The minimum absolute atomic E-state index is 0.0192. The van der Waals surface area contributed by atoms with Crippen LogP contribution in [0.15, 0.2) is 60.7 Å². The molecule has 4 atom stereocenters. The van der Waals surface area contributed by atoms with Gasteiger partial charge in [-0.2, -0.15) is 0 Å². The fraction of sp³-hybridized carbons (Fsp3) is 0.217. The molecule has 2 aromatic rings. The monoisotopic (exact) mass is 401 g/mol. The fourth-order valence-corrected chi connectivity index (χ4v) is 4.81. The lowest BCUT2D eigenvalue weighted by Crippen LogP contribution is -2.32. The third kappa shape index (κ3) is 2.74. The summed E-state index contributed by atoms with van der Waals surface area (Å²) in [5.74, 6) is -2.23. The number of carbonyl (C=O) groups is 4. The number of aromatic carboxylic acids is 1. The zero-order valence-electron chi connectivity index (χ0n) is 15.8. The molecule has 7 nitrogen and oxygen atoms in total. The number of carboxylic acids is 1. The van der Waals surface area contributed by atoms with Crippen LogP contribution in [-0.4, -0.2) is 23.7 Å². The summed E-state index contributed by atoms with van der Waals surface area (Å²) in [5, 5.41) is 13.5. The lowest BCUT2D eigenvalue weighted by Gasteiger charge is -2.17. The molecule has 3 aliphatic rings. The number of allylic oxidation sites excluding steroid dienone is 2. The molecular formula is C23H17N2O5-. The van der Waals surface area contributed by atoms with Gasteiger partial charge in [0.15, 0.2) is 0 Å². The summed E-state index contributed by atoms with van der Waals surface area (Å²) in [6.07, 6.45) is 4.98. The Morgan fingerprint density at radius 1 is 0.833 bits per heavy atom. The molecule has 7 heteroatoms. The van der Waals surface area contributed by atoms with E-state index in [1.165, 1.54) is 29.2 Å². The molecule has 1 saturated carbocycles. The molecule has 1 saturated heterocycles. The molecule has 0 aromatic heterocycles. The lowest BCUT2D eigenvalue weighted by molar-refractivity contribution is -0.255. The molecule has 0 unspecified atom stereocenters. The van der Waals surface area contributed by atoms with Crippen molar-refractivity contribution in [1.29, 1.82) is 0 Å². The topological polar surface area (TPSA) is 107 Å². The van der Waals surface area contributed by atoms with Crippen molar-refractivity contribution in [2.45, 2.75) is 6.42 Å². The van der Waals surface area contributed by atoms with Gasteiger partial charge in [-0.15, -0.1) is 0 Å². The maximum absolute atomic E-state index is 12.9. The summed E-state index contributed by atoms with van der Waals surface area (Å²) in [6, 6.07) is 11.9. The van der Waals surface area contributed by atoms with Crippen LogP contribution in [0.4, 0.5) is 11.4 Å². The van der Waals surface area contributed by atoms with Gasteiger partial charge in [0.05, 0.1) is 23.5 Å².